The van der Waals surface area contributed by atoms with Crippen molar-refractivity contribution in [3.05, 3.63) is 23.0 Å². The van der Waals surface area contributed by atoms with Gasteiger partial charge in [0.1, 0.15) is 0 Å². The van der Waals surface area contributed by atoms with Crippen molar-refractivity contribution >= 4 is 23.6 Å². The Labute approximate surface area is 171 Å². The molecule has 0 unspecified atom stereocenters. The van der Waals surface area contributed by atoms with Crippen molar-refractivity contribution < 1.29 is 23.9 Å². The highest BCUT2D eigenvalue weighted by molar-refractivity contribution is 6.05. The standard InChI is InChI=1S/C22H30N2O5/c1-13(2)24-14(3)11-18(15(24)4)19(25)12-29-20(26)9-10-23-21(27)16-7-5-6-8-17(16)22(23)28/h11,13,16-17H,5-10,12H2,1-4H3/t16-,17-/m0/s1. The van der Waals surface area contributed by atoms with Gasteiger partial charge in [-0.05, 0) is 46.6 Å². The fourth-order valence-corrected chi connectivity index (χ4v) is 4.80. The summed E-state index contributed by atoms with van der Waals surface area (Å²) >= 11 is 0. The average molecular weight is 402 g/mol. The Hall–Kier alpha value is -2.44. The van der Waals surface area contributed by atoms with Gasteiger partial charge >= 0.3 is 5.97 Å². The number of carbonyl (C=O) groups excluding carboxylic acids is 4. The Morgan fingerprint density at radius 1 is 1.10 bits per heavy atom. The van der Waals surface area contributed by atoms with Gasteiger partial charge in [-0.25, -0.2) is 0 Å². The first-order valence-corrected chi connectivity index (χ1v) is 10.4. The van der Waals surface area contributed by atoms with Crippen LogP contribution in [0.25, 0.3) is 0 Å². The predicted octanol–water partition coefficient (Wildman–Crippen LogP) is 2.98. The maximum Gasteiger partial charge on any atom is 0.308 e. The molecule has 29 heavy (non-hydrogen) atoms. The van der Waals surface area contributed by atoms with Crippen LogP contribution in [0.15, 0.2) is 6.07 Å². The van der Waals surface area contributed by atoms with Gasteiger partial charge in [-0.2, -0.15) is 0 Å². The highest BCUT2D eigenvalue weighted by Crippen LogP contribution is 2.38. The number of ether oxygens (including phenoxy) is 1. The van der Waals surface area contributed by atoms with Gasteiger partial charge < -0.3 is 9.30 Å². The smallest absolute Gasteiger partial charge is 0.308 e. The number of hydrogen-bond acceptors (Lipinski definition) is 5. The molecule has 0 radical (unpaired) electrons. The van der Waals surface area contributed by atoms with E-state index in [-0.39, 0.29) is 55.0 Å². The summed E-state index contributed by atoms with van der Waals surface area (Å²) in [5, 5.41) is 0. The number of Topliss-reactive ketones (excluding diaryl/α,β-unsaturated/α-hetero) is 1. The Morgan fingerprint density at radius 3 is 2.21 bits per heavy atom. The van der Waals surface area contributed by atoms with E-state index in [1.54, 1.807) is 0 Å². The zero-order valence-corrected chi connectivity index (χ0v) is 17.7. The van der Waals surface area contributed by atoms with Gasteiger partial charge in [-0.15, -0.1) is 0 Å². The van der Waals surface area contributed by atoms with Crippen LogP contribution in [0, 0.1) is 25.7 Å². The number of fused-ring (bicyclic) bond motifs is 1. The molecule has 1 aromatic heterocycles. The van der Waals surface area contributed by atoms with Crippen molar-refractivity contribution in [3.8, 4) is 0 Å². The number of nitrogens with zero attached hydrogens (tertiary/aromatic N) is 2. The van der Waals surface area contributed by atoms with Gasteiger partial charge in [-0.1, -0.05) is 12.8 Å². The quantitative estimate of drug-likeness (QED) is 0.398. The molecule has 1 aromatic rings. The average Bonchev–Trinajstić information content (AvgIpc) is 3.12. The number of imide groups is 1. The molecule has 0 spiro atoms. The molecule has 2 heterocycles. The van der Waals surface area contributed by atoms with Crippen LogP contribution < -0.4 is 0 Å². The minimum Gasteiger partial charge on any atom is -0.457 e. The molecule has 7 heteroatoms. The summed E-state index contributed by atoms with van der Waals surface area (Å²) in [4.78, 5) is 50.7. The van der Waals surface area contributed by atoms with Crippen molar-refractivity contribution in [1.82, 2.24) is 9.47 Å². The van der Waals surface area contributed by atoms with Crippen molar-refractivity contribution in [2.75, 3.05) is 13.2 Å². The van der Waals surface area contributed by atoms with Crippen LogP contribution in [0.3, 0.4) is 0 Å². The van der Waals surface area contributed by atoms with Crippen molar-refractivity contribution in [2.45, 2.75) is 65.8 Å². The number of ketones is 1. The molecule has 1 saturated carbocycles. The van der Waals surface area contributed by atoms with Crippen molar-refractivity contribution in [3.63, 3.8) is 0 Å². The first-order valence-electron chi connectivity index (χ1n) is 10.4. The van der Waals surface area contributed by atoms with Crippen LogP contribution in [-0.4, -0.2) is 46.2 Å². The molecule has 0 N–H and O–H groups in total. The van der Waals surface area contributed by atoms with Crippen LogP contribution in [0.1, 0.15) is 73.7 Å². The third-order valence-corrected chi connectivity index (χ3v) is 6.14. The van der Waals surface area contributed by atoms with Gasteiger partial charge in [0, 0.05) is 29.5 Å². The largest absolute Gasteiger partial charge is 0.457 e. The highest BCUT2D eigenvalue weighted by Gasteiger charge is 2.47. The van der Waals surface area contributed by atoms with E-state index in [0.717, 1.165) is 37.1 Å². The molecule has 2 aliphatic rings. The lowest BCUT2D eigenvalue weighted by Gasteiger charge is -2.19. The second-order valence-electron chi connectivity index (χ2n) is 8.41. The molecular formula is C22H30N2O5. The summed E-state index contributed by atoms with van der Waals surface area (Å²) < 4.78 is 7.19. The number of aromatic nitrogens is 1. The molecular weight excluding hydrogens is 372 g/mol. The van der Waals surface area contributed by atoms with Crippen LogP contribution >= 0.6 is 0 Å². The highest BCUT2D eigenvalue weighted by atomic mass is 16.5. The van der Waals surface area contributed by atoms with Crippen LogP contribution in [0.2, 0.25) is 0 Å². The first-order chi connectivity index (χ1) is 13.7. The lowest BCUT2D eigenvalue weighted by molar-refractivity contribution is -0.145. The van der Waals surface area contributed by atoms with Gasteiger partial charge in [0.2, 0.25) is 17.6 Å². The third kappa shape index (κ3) is 4.14. The fraction of sp³-hybridized carbons (Fsp3) is 0.636. The second kappa shape index (κ2) is 8.51. The zero-order chi connectivity index (χ0) is 21.3. The Balaban J connectivity index is 1.52. The summed E-state index contributed by atoms with van der Waals surface area (Å²) in [6.45, 7) is 7.61. The van der Waals surface area contributed by atoms with E-state index in [1.807, 2.05) is 33.8 Å². The second-order valence-corrected chi connectivity index (χ2v) is 8.41. The van der Waals surface area contributed by atoms with Crippen LogP contribution in [-0.2, 0) is 19.1 Å². The number of likely N-dealkylation sites (tertiary alicyclic amines) is 1. The monoisotopic (exact) mass is 402 g/mol. The number of carbonyl (C=O) groups is 4. The Kier molecular flexibility index (Phi) is 6.24. The van der Waals surface area contributed by atoms with E-state index < -0.39 is 5.97 Å². The molecule has 1 saturated heterocycles. The molecule has 158 valence electrons. The van der Waals surface area contributed by atoms with E-state index in [4.69, 9.17) is 4.74 Å². The van der Waals surface area contributed by atoms with Crippen LogP contribution in [0.4, 0.5) is 0 Å². The maximum atomic E-state index is 12.5. The summed E-state index contributed by atoms with van der Waals surface area (Å²) in [6, 6.07) is 2.05. The summed E-state index contributed by atoms with van der Waals surface area (Å²) in [5.41, 5.74) is 2.40. The van der Waals surface area contributed by atoms with Crippen LogP contribution in [0.5, 0.6) is 0 Å². The normalized spacial score (nSPS) is 21.6. The molecule has 0 bridgehead atoms. The Bertz CT molecular complexity index is 815. The van der Waals surface area contributed by atoms with Crippen molar-refractivity contribution in [1.29, 1.82) is 0 Å². The van der Waals surface area contributed by atoms with E-state index >= 15 is 0 Å². The third-order valence-electron chi connectivity index (χ3n) is 6.14. The van der Waals surface area contributed by atoms with Gasteiger partial charge in [0.05, 0.1) is 18.3 Å². The summed E-state index contributed by atoms with van der Waals surface area (Å²) in [6.07, 6.45) is 3.35. The molecule has 1 aliphatic carbocycles. The molecule has 2 fully saturated rings. The number of rotatable bonds is 7. The van der Waals surface area contributed by atoms with E-state index in [2.05, 4.69) is 4.57 Å². The topological polar surface area (TPSA) is 85.7 Å². The minimum absolute atomic E-state index is 0.0273. The van der Waals surface area contributed by atoms with Gasteiger partial charge in [0.25, 0.3) is 0 Å². The Morgan fingerprint density at radius 2 is 1.69 bits per heavy atom. The number of hydrogen-bond donors (Lipinski definition) is 0. The zero-order valence-electron chi connectivity index (χ0n) is 17.7. The van der Waals surface area contributed by atoms with Crippen molar-refractivity contribution in [2.24, 2.45) is 11.8 Å². The molecule has 2 atom stereocenters. The molecule has 7 nitrogen and oxygen atoms in total. The van der Waals surface area contributed by atoms with E-state index in [9.17, 15) is 19.2 Å². The fourth-order valence-electron chi connectivity index (χ4n) is 4.80. The summed E-state index contributed by atoms with van der Waals surface area (Å²) in [7, 11) is 0. The minimum atomic E-state index is -0.577. The molecule has 2 amide bonds. The lowest BCUT2D eigenvalue weighted by Crippen LogP contribution is -2.33. The molecule has 1 aliphatic heterocycles. The number of esters is 1. The summed E-state index contributed by atoms with van der Waals surface area (Å²) in [5.74, 6) is -1.59. The van der Waals surface area contributed by atoms with E-state index in [1.165, 1.54) is 4.90 Å². The maximum absolute atomic E-state index is 12.5. The lowest BCUT2D eigenvalue weighted by atomic mass is 9.81. The number of aryl methyl sites for hydroxylation is 1. The van der Waals surface area contributed by atoms with Gasteiger partial charge in [0.15, 0.2) is 6.61 Å². The number of amides is 2. The van der Waals surface area contributed by atoms with E-state index in [0.29, 0.717) is 5.56 Å². The molecule has 0 aromatic carbocycles. The first kappa shape index (κ1) is 21.3. The predicted molar refractivity (Wildman–Crippen MR) is 106 cm³/mol. The SMILES string of the molecule is Cc1cc(C(=O)COC(=O)CCN2C(=O)[C@H]3CCCC[C@@H]3C2=O)c(C)n1C(C)C. The molecule has 3 rings (SSSR count). The van der Waals surface area contributed by atoms with Gasteiger partial charge in [-0.3, -0.25) is 24.1 Å².